The van der Waals surface area contributed by atoms with Gasteiger partial charge < -0.3 is 14.5 Å². The van der Waals surface area contributed by atoms with Gasteiger partial charge in [-0.15, -0.1) is 0 Å². The predicted octanol–water partition coefficient (Wildman–Crippen LogP) is 10.4. The Kier molecular flexibility index (Phi) is 4.60. The zero-order chi connectivity index (χ0) is 29.9. The van der Waals surface area contributed by atoms with Crippen LogP contribution >= 0.6 is 0 Å². The third kappa shape index (κ3) is 3.20. The number of benzene rings is 7. The smallest absolute Gasteiger partial charge is 0.157 e. The van der Waals surface area contributed by atoms with Crippen LogP contribution in [0.4, 0.5) is 0 Å². The summed E-state index contributed by atoms with van der Waals surface area (Å²) in [4.78, 5) is 5.29. The van der Waals surface area contributed by atoms with Gasteiger partial charge in [0.05, 0.1) is 0 Å². The first-order valence-electron chi connectivity index (χ1n) is 15.7. The molecule has 0 spiro atoms. The average Bonchev–Trinajstić information content (AvgIpc) is 3.78. The molecule has 3 heterocycles. The molecule has 1 aliphatic carbocycles. The van der Waals surface area contributed by atoms with E-state index in [4.69, 9.17) is 14.1 Å². The Morgan fingerprint density at radius 3 is 2.35 bits per heavy atom. The van der Waals surface area contributed by atoms with Crippen LogP contribution in [0, 0.1) is 0 Å². The van der Waals surface area contributed by atoms with Crippen molar-refractivity contribution in [3.8, 4) is 28.0 Å². The summed E-state index contributed by atoms with van der Waals surface area (Å²) >= 11 is 0. The van der Waals surface area contributed by atoms with Gasteiger partial charge in [-0.25, -0.2) is 4.99 Å². The Morgan fingerprint density at radius 1 is 0.543 bits per heavy atom. The van der Waals surface area contributed by atoms with Gasteiger partial charge in [0.1, 0.15) is 34.5 Å². The van der Waals surface area contributed by atoms with Crippen LogP contribution in [0.25, 0.3) is 71.4 Å². The SMILES string of the molecule is c1ccc2c(c1)OC1=C(c3ccc4ccccc4c3)N=C(c3ccc4c(c3)-c3cccc5c3c-4cc3oc4ccccc4c35)NC12. The van der Waals surface area contributed by atoms with Crippen molar-refractivity contribution in [2.24, 2.45) is 4.99 Å². The van der Waals surface area contributed by atoms with Gasteiger partial charge in [-0.2, -0.15) is 0 Å². The molecule has 214 valence electrons. The fraction of sp³-hybridized carbons (Fsp3) is 0.0238. The highest BCUT2D eigenvalue weighted by molar-refractivity contribution is 6.28. The van der Waals surface area contributed by atoms with Gasteiger partial charge in [0.2, 0.25) is 0 Å². The van der Waals surface area contributed by atoms with E-state index in [9.17, 15) is 0 Å². The molecule has 1 N–H and O–H groups in total. The molecule has 0 saturated carbocycles. The van der Waals surface area contributed by atoms with Crippen molar-refractivity contribution in [3.63, 3.8) is 0 Å². The first-order chi connectivity index (χ1) is 22.8. The molecule has 46 heavy (non-hydrogen) atoms. The molecule has 7 aromatic carbocycles. The van der Waals surface area contributed by atoms with E-state index in [0.717, 1.165) is 56.3 Å². The normalized spacial score (nSPS) is 16.0. The summed E-state index contributed by atoms with van der Waals surface area (Å²) in [5.74, 6) is 2.55. The Bertz CT molecular complexity index is 2710. The minimum absolute atomic E-state index is 0.126. The molecular weight excluding hydrogens is 564 g/mol. The Balaban J connectivity index is 1.10. The Morgan fingerprint density at radius 2 is 1.37 bits per heavy atom. The summed E-state index contributed by atoms with van der Waals surface area (Å²) in [6.45, 7) is 0. The highest BCUT2D eigenvalue weighted by atomic mass is 16.5. The lowest BCUT2D eigenvalue weighted by Crippen LogP contribution is -2.33. The number of furan rings is 1. The van der Waals surface area contributed by atoms with Crippen LogP contribution in [0.15, 0.2) is 149 Å². The lowest BCUT2D eigenvalue weighted by atomic mass is 9.97. The van der Waals surface area contributed by atoms with Gasteiger partial charge >= 0.3 is 0 Å². The van der Waals surface area contributed by atoms with Crippen molar-refractivity contribution >= 4 is 55.0 Å². The Hall–Kier alpha value is -6.13. The van der Waals surface area contributed by atoms with Crippen molar-refractivity contribution in [2.75, 3.05) is 0 Å². The summed E-state index contributed by atoms with van der Waals surface area (Å²) in [5.41, 5.74) is 10.8. The molecule has 11 rings (SSSR count). The summed E-state index contributed by atoms with van der Waals surface area (Å²) in [6.07, 6.45) is 0. The topological polar surface area (TPSA) is 46.8 Å². The summed E-state index contributed by atoms with van der Waals surface area (Å²) in [6, 6.07) is 47.0. The molecule has 4 heteroatoms. The molecule has 4 nitrogen and oxygen atoms in total. The van der Waals surface area contributed by atoms with E-state index >= 15 is 0 Å². The molecule has 2 aliphatic heterocycles. The van der Waals surface area contributed by atoms with Crippen LogP contribution in [-0.2, 0) is 0 Å². The van der Waals surface area contributed by atoms with E-state index in [0.29, 0.717) is 0 Å². The van der Waals surface area contributed by atoms with Gasteiger partial charge in [0.25, 0.3) is 0 Å². The zero-order valence-electron chi connectivity index (χ0n) is 24.5. The fourth-order valence-corrected chi connectivity index (χ4v) is 7.77. The highest BCUT2D eigenvalue weighted by Crippen LogP contribution is 2.51. The Labute approximate surface area is 263 Å². The number of para-hydroxylation sites is 2. The predicted molar refractivity (Wildman–Crippen MR) is 186 cm³/mol. The quantitative estimate of drug-likeness (QED) is 0.219. The van der Waals surface area contributed by atoms with Crippen LogP contribution in [-0.4, -0.2) is 5.84 Å². The van der Waals surface area contributed by atoms with Crippen molar-refractivity contribution in [1.29, 1.82) is 0 Å². The number of hydrogen-bond acceptors (Lipinski definition) is 4. The van der Waals surface area contributed by atoms with Crippen LogP contribution < -0.4 is 10.1 Å². The molecule has 1 atom stereocenters. The van der Waals surface area contributed by atoms with Gasteiger partial charge in [-0.05, 0) is 74.1 Å². The van der Waals surface area contributed by atoms with Crippen molar-refractivity contribution < 1.29 is 9.15 Å². The minimum Gasteiger partial charge on any atom is -0.456 e. The summed E-state index contributed by atoms with van der Waals surface area (Å²) < 4.78 is 12.9. The van der Waals surface area contributed by atoms with E-state index in [-0.39, 0.29) is 6.04 Å². The maximum Gasteiger partial charge on any atom is 0.157 e. The molecule has 0 amide bonds. The van der Waals surface area contributed by atoms with E-state index in [1.165, 1.54) is 49.2 Å². The van der Waals surface area contributed by atoms with Gasteiger partial charge in [0.15, 0.2) is 5.76 Å². The molecular formula is C42H24N2O2. The van der Waals surface area contributed by atoms with Crippen LogP contribution in [0.5, 0.6) is 5.75 Å². The number of nitrogens with zero attached hydrogens (tertiary/aromatic N) is 1. The molecule has 0 radical (unpaired) electrons. The third-order valence-electron chi connectivity index (χ3n) is 9.85. The van der Waals surface area contributed by atoms with E-state index in [1.54, 1.807) is 0 Å². The maximum absolute atomic E-state index is 6.49. The first-order valence-corrected chi connectivity index (χ1v) is 15.7. The minimum atomic E-state index is -0.126. The molecule has 0 bridgehead atoms. The largest absolute Gasteiger partial charge is 0.456 e. The number of rotatable bonds is 2. The number of aliphatic imine (C=N–C) groups is 1. The zero-order valence-corrected chi connectivity index (χ0v) is 24.5. The number of hydrogen-bond donors (Lipinski definition) is 1. The number of fused-ring (bicyclic) bond motifs is 11. The molecule has 3 aliphatic rings. The van der Waals surface area contributed by atoms with Crippen molar-refractivity contribution in [2.45, 2.75) is 6.04 Å². The van der Waals surface area contributed by atoms with E-state index in [2.05, 4.69) is 115 Å². The average molecular weight is 589 g/mol. The summed E-state index contributed by atoms with van der Waals surface area (Å²) in [5, 5.41) is 11.0. The second kappa shape index (κ2) is 8.74. The number of amidine groups is 1. The van der Waals surface area contributed by atoms with Crippen LogP contribution in [0.3, 0.4) is 0 Å². The third-order valence-corrected chi connectivity index (χ3v) is 9.85. The highest BCUT2D eigenvalue weighted by Gasteiger charge is 2.37. The van der Waals surface area contributed by atoms with E-state index < -0.39 is 0 Å². The summed E-state index contributed by atoms with van der Waals surface area (Å²) in [7, 11) is 0. The molecule has 1 aromatic heterocycles. The maximum atomic E-state index is 6.49. The number of nitrogens with one attached hydrogen (secondary N) is 1. The van der Waals surface area contributed by atoms with Crippen LogP contribution in [0.2, 0.25) is 0 Å². The van der Waals surface area contributed by atoms with Gasteiger partial charge in [-0.1, -0.05) is 103 Å². The van der Waals surface area contributed by atoms with Crippen LogP contribution in [0.1, 0.15) is 22.7 Å². The van der Waals surface area contributed by atoms with Crippen molar-refractivity contribution in [1.82, 2.24) is 5.32 Å². The van der Waals surface area contributed by atoms with E-state index in [1.807, 2.05) is 24.3 Å². The van der Waals surface area contributed by atoms with Crippen molar-refractivity contribution in [3.05, 3.63) is 156 Å². The van der Waals surface area contributed by atoms with Gasteiger partial charge in [0, 0.05) is 27.5 Å². The fourth-order valence-electron chi connectivity index (χ4n) is 7.77. The lowest BCUT2D eigenvalue weighted by Gasteiger charge is -2.24. The monoisotopic (exact) mass is 588 g/mol. The molecule has 0 saturated heterocycles. The second-order valence-electron chi connectivity index (χ2n) is 12.3. The molecule has 1 unspecified atom stereocenters. The second-order valence-corrected chi connectivity index (χ2v) is 12.3. The molecule has 8 aromatic rings. The standard InChI is InChI=1S/C42H24N2O2/c1-2-9-24-20-25(17-16-23(24)8-1)39-41-40(30-11-4-6-15-35(30)46-41)44-42(43-39)26-18-19-27-32(21-26)28-12-7-13-31-37(28)33(27)22-36-38(31)29-10-3-5-14-34(29)45-36/h1-22,40H,(H,43,44). The molecule has 0 fully saturated rings. The van der Waals surface area contributed by atoms with Gasteiger partial charge in [-0.3, -0.25) is 0 Å². The first kappa shape index (κ1) is 24.2. The lowest BCUT2D eigenvalue weighted by molar-refractivity contribution is 0.420. The number of ether oxygens (including phenoxy) is 1.